The van der Waals surface area contributed by atoms with Crippen LogP contribution >= 0.6 is 0 Å². The highest BCUT2D eigenvalue weighted by Crippen LogP contribution is 2.12. The van der Waals surface area contributed by atoms with Crippen LogP contribution in [-0.2, 0) is 14.8 Å². The summed E-state index contributed by atoms with van der Waals surface area (Å²) in [5, 5.41) is 0. The Labute approximate surface area is 129 Å². The highest BCUT2D eigenvalue weighted by Gasteiger charge is 2.24. The van der Waals surface area contributed by atoms with Gasteiger partial charge in [-0.15, -0.1) is 0 Å². The molecule has 0 spiro atoms. The van der Waals surface area contributed by atoms with Crippen molar-refractivity contribution in [2.45, 2.75) is 18.9 Å². The number of halogens is 1. The predicted octanol–water partition coefficient (Wildman–Crippen LogP) is 1.38. The average Bonchev–Trinajstić information content (AvgIpc) is 2.45. The fourth-order valence-electron chi connectivity index (χ4n) is 2.42. The van der Waals surface area contributed by atoms with Gasteiger partial charge in [-0.25, -0.2) is 17.5 Å². The first kappa shape index (κ1) is 16.6. The number of nitrogens with one attached hydrogen (secondary N) is 1. The molecule has 0 radical (unpaired) electrons. The van der Waals surface area contributed by atoms with Gasteiger partial charge in [-0.3, -0.25) is 4.79 Å². The summed E-state index contributed by atoms with van der Waals surface area (Å²) in [6, 6.07) is 5.59. The molecule has 2 rings (SSSR count). The molecule has 5 nitrogen and oxygen atoms in total. The summed E-state index contributed by atoms with van der Waals surface area (Å²) in [7, 11) is -3.27. The van der Waals surface area contributed by atoms with Gasteiger partial charge in [0, 0.05) is 25.2 Å². The summed E-state index contributed by atoms with van der Waals surface area (Å²) in [5.41, 5.74) is 0.734. The van der Waals surface area contributed by atoms with Gasteiger partial charge in [0.25, 0.3) is 0 Å². The van der Waals surface area contributed by atoms with Crippen molar-refractivity contribution >= 4 is 22.0 Å². The van der Waals surface area contributed by atoms with Crippen molar-refractivity contribution in [3.05, 3.63) is 41.7 Å². The monoisotopic (exact) mass is 326 g/mol. The molecule has 1 aliphatic heterocycles. The highest BCUT2D eigenvalue weighted by atomic mass is 32.2. The number of rotatable bonds is 4. The summed E-state index contributed by atoms with van der Waals surface area (Å²) in [5.74, 6) is -0.501. The molecule has 120 valence electrons. The molecule has 1 saturated heterocycles. The lowest BCUT2D eigenvalue weighted by molar-refractivity contribution is -0.127. The van der Waals surface area contributed by atoms with Crippen LogP contribution in [-0.4, -0.2) is 44.6 Å². The van der Waals surface area contributed by atoms with Crippen molar-refractivity contribution in [1.82, 2.24) is 9.62 Å². The average molecular weight is 326 g/mol. The number of hydrogen-bond donors (Lipinski definition) is 1. The van der Waals surface area contributed by atoms with E-state index in [9.17, 15) is 17.6 Å². The lowest BCUT2D eigenvalue weighted by atomic mass is 10.1. The zero-order valence-electron chi connectivity index (χ0n) is 12.3. The van der Waals surface area contributed by atoms with Crippen LogP contribution < -0.4 is 4.72 Å². The third-order valence-corrected chi connectivity index (χ3v) is 4.16. The molecule has 1 aromatic rings. The summed E-state index contributed by atoms with van der Waals surface area (Å²) in [6.07, 6.45) is 5.63. The van der Waals surface area contributed by atoms with E-state index in [0.717, 1.165) is 24.7 Å². The van der Waals surface area contributed by atoms with Crippen LogP contribution in [0, 0.1) is 5.82 Å². The number of piperidine rings is 1. The van der Waals surface area contributed by atoms with Gasteiger partial charge in [-0.2, -0.15) is 0 Å². The number of carbonyl (C=O) groups is 1. The smallest absolute Gasteiger partial charge is 0.246 e. The quantitative estimate of drug-likeness (QED) is 0.850. The van der Waals surface area contributed by atoms with Gasteiger partial charge >= 0.3 is 0 Å². The van der Waals surface area contributed by atoms with Crippen molar-refractivity contribution in [3.63, 3.8) is 0 Å². The van der Waals surface area contributed by atoms with Crippen molar-refractivity contribution < 1.29 is 17.6 Å². The Morgan fingerprint density at radius 1 is 1.36 bits per heavy atom. The molecule has 1 amide bonds. The van der Waals surface area contributed by atoms with Gasteiger partial charge in [0.2, 0.25) is 15.9 Å². The molecular weight excluding hydrogens is 307 g/mol. The minimum atomic E-state index is -3.27. The number of amides is 1. The molecule has 1 aromatic carbocycles. The maximum absolute atomic E-state index is 12.8. The fourth-order valence-corrected chi connectivity index (χ4v) is 3.22. The Hall–Kier alpha value is -1.73. The predicted molar refractivity (Wildman–Crippen MR) is 83.0 cm³/mol. The third-order valence-electron chi connectivity index (χ3n) is 3.40. The summed E-state index contributed by atoms with van der Waals surface area (Å²) < 4.78 is 37.8. The molecule has 0 bridgehead atoms. The van der Waals surface area contributed by atoms with E-state index >= 15 is 0 Å². The normalized spacial score (nSPS) is 19.5. The molecule has 1 fully saturated rings. The number of sulfonamides is 1. The Kier molecular flexibility index (Phi) is 5.31. The summed E-state index contributed by atoms with van der Waals surface area (Å²) in [4.78, 5) is 13.8. The molecule has 0 aromatic heterocycles. The van der Waals surface area contributed by atoms with Gasteiger partial charge in [0.05, 0.1) is 6.26 Å². The number of benzene rings is 1. The summed E-state index contributed by atoms with van der Waals surface area (Å²) in [6.45, 7) is 0.966. The van der Waals surface area contributed by atoms with E-state index in [4.69, 9.17) is 0 Å². The van der Waals surface area contributed by atoms with Crippen molar-refractivity contribution in [2.75, 3.05) is 19.3 Å². The second-order valence-corrected chi connectivity index (χ2v) is 7.18. The Balaban J connectivity index is 1.95. The van der Waals surface area contributed by atoms with Crippen LogP contribution in [0.2, 0.25) is 0 Å². The fraction of sp³-hybridized carbons (Fsp3) is 0.400. The molecule has 1 aliphatic rings. The largest absolute Gasteiger partial charge is 0.338 e. The van der Waals surface area contributed by atoms with E-state index in [1.807, 2.05) is 0 Å². The van der Waals surface area contributed by atoms with Crippen LogP contribution in [0.25, 0.3) is 6.08 Å². The van der Waals surface area contributed by atoms with Crippen molar-refractivity contribution in [3.8, 4) is 0 Å². The molecular formula is C15H19FN2O3S. The lowest BCUT2D eigenvalue weighted by Crippen LogP contribution is -2.48. The first-order valence-corrected chi connectivity index (χ1v) is 8.92. The molecule has 7 heteroatoms. The zero-order chi connectivity index (χ0) is 16.2. The zero-order valence-corrected chi connectivity index (χ0v) is 13.1. The van der Waals surface area contributed by atoms with Gasteiger partial charge in [-0.1, -0.05) is 12.1 Å². The third kappa shape index (κ3) is 5.23. The van der Waals surface area contributed by atoms with Crippen LogP contribution in [0.1, 0.15) is 18.4 Å². The SMILES string of the molecule is CS(=O)(=O)N[C@H]1CCCN(C(=O)/C=C\c2ccc(F)cc2)C1. The van der Waals surface area contributed by atoms with Gasteiger partial charge < -0.3 is 4.90 Å². The van der Waals surface area contributed by atoms with E-state index in [1.54, 1.807) is 23.1 Å². The Morgan fingerprint density at radius 3 is 2.68 bits per heavy atom. The molecule has 1 atom stereocenters. The van der Waals surface area contributed by atoms with Gasteiger partial charge in [0.15, 0.2) is 0 Å². The van der Waals surface area contributed by atoms with Crippen LogP contribution in [0.5, 0.6) is 0 Å². The first-order valence-electron chi connectivity index (χ1n) is 7.03. The van der Waals surface area contributed by atoms with Gasteiger partial charge in [-0.05, 0) is 36.6 Å². The molecule has 0 aliphatic carbocycles. The molecule has 1 heterocycles. The second-order valence-electron chi connectivity index (χ2n) is 5.40. The lowest BCUT2D eigenvalue weighted by Gasteiger charge is -2.32. The minimum absolute atomic E-state index is 0.177. The van der Waals surface area contributed by atoms with E-state index in [1.165, 1.54) is 18.2 Å². The molecule has 0 unspecified atom stereocenters. The topological polar surface area (TPSA) is 66.5 Å². The van der Waals surface area contributed by atoms with Crippen molar-refractivity contribution in [1.29, 1.82) is 0 Å². The molecule has 0 saturated carbocycles. The standard InChI is InChI=1S/C15H19FN2O3S/c1-22(20,21)17-14-3-2-10-18(11-14)15(19)9-6-12-4-7-13(16)8-5-12/h4-9,14,17H,2-3,10-11H2,1H3/b9-6-/t14-/m0/s1. The highest BCUT2D eigenvalue weighted by molar-refractivity contribution is 7.88. The van der Waals surface area contributed by atoms with E-state index < -0.39 is 10.0 Å². The summed E-state index contributed by atoms with van der Waals surface area (Å²) >= 11 is 0. The van der Waals surface area contributed by atoms with E-state index in [0.29, 0.717) is 13.1 Å². The Morgan fingerprint density at radius 2 is 2.05 bits per heavy atom. The first-order chi connectivity index (χ1) is 10.3. The van der Waals surface area contributed by atoms with Crippen LogP contribution in [0.4, 0.5) is 4.39 Å². The Bertz CT molecular complexity index is 656. The number of likely N-dealkylation sites (tertiary alicyclic amines) is 1. The minimum Gasteiger partial charge on any atom is -0.338 e. The van der Waals surface area contributed by atoms with Crippen molar-refractivity contribution in [2.24, 2.45) is 0 Å². The van der Waals surface area contributed by atoms with E-state index in [2.05, 4.69) is 4.72 Å². The number of hydrogen-bond acceptors (Lipinski definition) is 3. The van der Waals surface area contributed by atoms with Crippen LogP contribution in [0.15, 0.2) is 30.3 Å². The van der Waals surface area contributed by atoms with Crippen LogP contribution in [0.3, 0.4) is 0 Å². The van der Waals surface area contributed by atoms with Gasteiger partial charge in [0.1, 0.15) is 5.82 Å². The second kappa shape index (κ2) is 7.02. The number of nitrogens with zero attached hydrogens (tertiary/aromatic N) is 1. The molecule has 22 heavy (non-hydrogen) atoms. The van der Waals surface area contributed by atoms with E-state index in [-0.39, 0.29) is 17.8 Å². The maximum atomic E-state index is 12.8. The molecule has 1 N–H and O–H groups in total. The maximum Gasteiger partial charge on any atom is 0.246 e. The number of carbonyl (C=O) groups excluding carboxylic acids is 1.